The first-order chi connectivity index (χ1) is 6.90. The van der Waals surface area contributed by atoms with Gasteiger partial charge in [-0.2, -0.15) is 0 Å². The molecule has 0 fully saturated rings. The highest BCUT2D eigenvalue weighted by Gasteiger charge is 2.00. The predicted molar refractivity (Wildman–Crippen MR) is 52.9 cm³/mol. The topological polar surface area (TPSA) is 55.2 Å². The van der Waals surface area contributed by atoms with Crippen molar-refractivity contribution in [3.8, 4) is 11.3 Å². The molecule has 0 saturated heterocycles. The minimum Gasteiger partial charge on any atom is -0.217 e. The van der Waals surface area contributed by atoms with E-state index in [4.69, 9.17) is 0 Å². The SMILES string of the molecule is O=Nc1nccc(-c2ccccc2)n1. The Morgan fingerprint density at radius 1 is 1.07 bits per heavy atom. The molecule has 2 aromatic rings. The summed E-state index contributed by atoms with van der Waals surface area (Å²) < 4.78 is 0. The van der Waals surface area contributed by atoms with Crippen LogP contribution in [-0.2, 0) is 0 Å². The van der Waals surface area contributed by atoms with Crippen molar-refractivity contribution < 1.29 is 0 Å². The Morgan fingerprint density at radius 2 is 1.86 bits per heavy atom. The van der Waals surface area contributed by atoms with Gasteiger partial charge in [-0.3, -0.25) is 0 Å². The smallest absolute Gasteiger partial charge is 0.217 e. The molecule has 4 nitrogen and oxygen atoms in total. The van der Waals surface area contributed by atoms with Crippen molar-refractivity contribution >= 4 is 5.95 Å². The lowest BCUT2D eigenvalue weighted by Crippen LogP contribution is -1.84. The van der Waals surface area contributed by atoms with Crippen LogP contribution in [-0.4, -0.2) is 9.97 Å². The average molecular weight is 185 g/mol. The minimum absolute atomic E-state index is 0.0358. The van der Waals surface area contributed by atoms with E-state index in [9.17, 15) is 4.91 Å². The standard InChI is InChI=1S/C10H7N3O/c14-13-10-11-7-6-9(12-10)8-4-2-1-3-5-8/h1-7H. The second-order valence-corrected chi connectivity index (χ2v) is 2.70. The monoisotopic (exact) mass is 185 g/mol. The van der Waals surface area contributed by atoms with E-state index in [1.807, 2.05) is 30.3 Å². The van der Waals surface area contributed by atoms with Crippen molar-refractivity contribution in [2.75, 3.05) is 0 Å². The fourth-order valence-electron chi connectivity index (χ4n) is 1.16. The third-order valence-electron chi connectivity index (χ3n) is 1.79. The zero-order chi connectivity index (χ0) is 9.80. The van der Waals surface area contributed by atoms with Crippen LogP contribution in [0.3, 0.4) is 0 Å². The van der Waals surface area contributed by atoms with E-state index in [-0.39, 0.29) is 5.95 Å². The van der Waals surface area contributed by atoms with Crippen molar-refractivity contribution in [3.63, 3.8) is 0 Å². The van der Waals surface area contributed by atoms with Gasteiger partial charge in [-0.15, -0.1) is 4.91 Å². The van der Waals surface area contributed by atoms with Gasteiger partial charge in [0.2, 0.25) is 0 Å². The molecule has 1 aromatic heterocycles. The quantitative estimate of drug-likeness (QED) is 0.675. The Kier molecular flexibility index (Phi) is 2.27. The normalized spacial score (nSPS) is 9.71. The van der Waals surface area contributed by atoms with Gasteiger partial charge in [0.25, 0.3) is 5.95 Å². The lowest BCUT2D eigenvalue weighted by molar-refractivity contribution is 1.13. The third kappa shape index (κ3) is 1.64. The van der Waals surface area contributed by atoms with Crippen LogP contribution in [0.2, 0.25) is 0 Å². The molecule has 0 amide bonds. The molecule has 0 N–H and O–H groups in total. The van der Waals surface area contributed by atoms with E-state index in [0.717, 1.165) is 5.56 Å². The molecule has 1 aromatic carbocycles. The molecule has 68 valence electrons. The minimum atomic E-state index is -0.0358. The highest BCUT2D eigenvalue weighted by molar-refractivity contribution is 5.59. The summed E-state index contributed by atoms with van der Waals surface area (Å²) in [6, 6.07) is 11.3. The molecule has 0 radical (unpaired) electrons. The number of nitroso groups, excluding NO2 is 1. The maximum absolute atomic E-state index is 10.2. The molecule has 1 heterocycles. The van der Waals surface area contributed by atoms with Crippen LogP contribution in [0.5, 0.6) is 0 Å². The van der Waals surface area contributed by atoms with Gasteiger partial charge in [0.1, 0.15) is 0 Å². The Bertz CT molecular complexity index is 442. The van der Waals surface area contributed by atoms with Gasteiger partial charge in [-0.25, -0.2) is 9.97 Å². The number of benzene rings is 1. The molecule has 0 aliphatic carbocycles. The summed E-state index contributed by atoms with van der Waals surface area (Å²) in [5.41, 5.74) is 1.65. The summed E-state index contributed by atoms with van der Waals surface area (Å²) >= 11 is 0. The van der Waals surface area contributed by atoms with E-state index in [1.165, 1.54) is 6.20 Å². The van der Waals surface area contributed by atoms with E-state index in [2.05, 4.69) is 15.1 Å². The van der Waals surface area contributed by atoms with E-state index in [1.54, 1.807) is 6.07 Å². The number of hydrogen-bond acceptors (Lipinski definition) is 4. The van der Waals surface area contributed by atoms with Crippen molar-refractivity contribution in [3.05, 3.63) is 47.5 Å². The molecule has 0 aliphatic rings. The maximum atomic E-state index is 10.2. The summed E-state index contributed by atoms with van der Waals surface area (Å²) in [5.74, 6) is -0.0358. The zero-order valence-electron chi connectivity index (χ0n) is 7.29. The van der Waals surface area contributed by atoms with Crippen LogP contribution < -0.4 is 0 Å². The molecule has 0 spiro atoms. The summed E-state index contributed by atoms with van der Waals surface area (Å²) in [5, 5.41) is 2.68. The summed E-state index contributed by atoms with van der Waals surface area (Å²) in [6.45, 7) is 0. The number of rotatable bonds is 2. The molecule has 0 unspecified atom stereocenters. The molecule has 0 atom stereocenters. The first kappa shape index (κ1) is 8.50. The average Bonchev–Trinajstić information content (AvgIpc) is 2.30. The van der Waals surface area contributed by atoms with E-state index < -0.39 is 0 Å². The first-order valence-corrected chi connectivity index (χ1v) is 4.12. The van der Waals surface area contributed by atoms with Crippen LogP contribution in [0.15, 0.2) is 47.8 Å². The third-order valence-corrected chi connectivity index (χ3v) is 1.79. The summed E-state index contributed by atoms with van der Waals surface area (Å²) in [6.07, 6.45) is 1.52. The van der Waals surface area contributed by atoms with Crippen LogP contribution >= 0.6 is 0 Å². The largest absolute Gasteiger partial charge is 0.291 e. The Balaban J connectivity index is 2.47. The van der Waals surface area contributed by atoms with Gasteiger partial charge in [0.05, 0.1) is 5.69 Å². The maximum Gasteiger partial charge on any atom is 0.291 e. The molecular formula is C10H7N3O. The number of aromatic nitrogens is 2. The van der Waals surface area contributed by atoms with Gasteiger partial charge in [0.15, 0.2) is 0 Å². The molecule has 2 rings (SSSR count). The molecule has 4 heteroatoms. The van der Waals surface area contributed by atoms with Gasteiger partial charge in [-0.1, -0.05) is 30.3 Å². The van der Waals surface area contributed by atoms with Crippen molar-refractivity contribution in [1.29, 1.82) is 0 Å². The first-order valence-electron chi connectivity index (χ1n) is 4.12. The Morgan fingerprint density at radius 3 is 2.57 bits per heavy atom. The molecule has 0 saturated carbocycles. The van der Waals surface area contributed by atoms with Gasteiger partial charge < -0.3 is 0 Å². The van der Waals surface area contributed by atoms with Crippen LogP contribution in [0, 0.1) is 4.91 Å². The second-order valence-electron chi connectivity index (χ2n) is 2.70. The highest BCUT2D eigenvalue weighted by Crippen LogP contribution is 2.17. The van der Waals surface area contributed by atoms with Crippen molar-refractivity contribution in [2.45, 2.75) is 0 Å². The lowest BCUT2D eigenvalue weighted by Gasteiger charge is -1.98. The summed E-state index contributed by atoms with van der Waals surface area (Å²) in [7, 11) is 0. The van der Waals surface area contributed by atoms with Gasteiger partial charge in [-0.05, 0) is 6.07 Å². The van der Waals surface area contributed by atoms with E-state index in [0.29, 0.717) is 5.69 Å². The van der Waals surface area contributed by atoms with Gasteiger partial charge in [0, 0.05) is 16.9 Å². The van der Waals surface area contributed by atoms with Crippen LogP contribution in [0.4, 0.5) is 5.95 Å². The molecular weight excluding hydrogens is 178 g/mol. The number of hydrogen-bond donors (Lipinski definition) is 0. The second kappa shape index (κ2) is 3.74. The van der Waals surface area contributed by atoms with Crippen LogP contribution in [0.25, 0.3) is 11.3 Å². The molecule has 14 heavy (non-hydrogen) atoms. The van der Waals surface area contributed by atoms with Crippen molar-refractivity contribution in [2.24, 2.45) is 5.18 Å². The summed E-state index contributed by atoms with van der Waals surface area (Å²) in [4.78, 5) is 17.9. The zero-order valence-corrected chi connectivity index (χ0v) is 7.29. The number of nitrogens with zero attached hydrogens (tertiary/aromatic N) is 3. The Hall–Kier alpha value is -2.10. The van der Waals surface area contributed by atoms with E-state index >= 15 is 0 Å². The predicted octanol–water partition coefficient (Wildman–Crippen LogP) is 2.54. The van der Waals surface area contributed by atoms with Gasteiger partial charge >= 0.3 is 0 Å². The fraction of sp³-hybridized carbons (Fsp3) is 0. The van der Waals surface area contributed by atoms with Crippen molar-refractivity contribution in [1.82, 2.24) is 9.97 Å². The fourth-order valence-corrected chi connectivity index (χ4v) is 1.16. The molecule has 0 aliphatic heterocycles. The highest BCUT2D eigenvalue weighted by atomic mass is 16.3. The molecule has 0 bridgehead atoms. The Labute approximate surface area is 80.6 Å². The van der Waals surface area contributed by atoms with Crippen LogP contribution in [0.1, 0.15) is 0 Å². The lowest BCUT2D eigenvalue weighted by atomic mass is 10.1.